The maximum Gasteiger partial charge on any atom is 0.272 e. The SMILES string of the molecule is CN(CC(=O)Nc1ccc(N2CCOCC2)cc1)C(=O)c1cc(-c2ccc(Br)cc2)n[nH]1. The van der Waals surface area contributed by atoms with E-state index in [9.17, 15) is 9.59 Å². The van der Waals surface area contributed by atoms with Gasteiger partial charge in [-0.3, -0.25) is 14.7 Å². The Bertz CT molecular complexity index is 1080. The van der Waals surface area contributed by atoms with Gasteiger partial charge in [0.15, 0.2) is 0 Å². The predicted molar refractivity (Wildman–Crippen MR) is 127 cm³/mol. The molecule has 1 aliphatic heterocycles. The molecule has 0 bridgehead atoms. The third-order valence-corrected chi connectivity index (χ3v) is 5.73. The minimum atomic E-state index is -0.307. The van der Waals surface area contributed by atoms with Crippen LogP contribution in [0.5, 0.6) is 0 Å². The van der Waals surface area contributed by atoms with Gasteiger partial charge in [0.1, 0.15) is 5.69 Å². The molecule has 3 aromatic rings. The molecular formula is C23H24BrN5O3. The molecule has 4 rings (SSSR count). The van der Waals surface area contributed by atoms with Crippen molar-refractivity contribution in [2.45, 2.75) is 0 Å². The number of carbonyl (C=O) groups is 2. The zero-order valence-corrected chi connectivity index (χ0v) is 19.3. The van der Waals surface area contributed by atoms with Crippen LogP contribution in [0.15, 0.2) is 59.1 Å². The molecule has 166 valence electrons. The average Bonchev–Trinajstić information content (AvgIpc) is 3.30. The van der Waals surface area contributed by atoms with Crippen molar-refractivity contribution in [2.75, 3.05) is 50.1 Å². The van der Waals surface area contributed by atoms with Gasteiger partial charge in [0.2, 0.25) is 5.91 Å². The smallest absolute Gasteiger partial charge is 0.272 e. The van der Waals surface area contributed by atoms with E-state index >= 15 is 0 Å². The average molecular weight is 498 g/mol. The van der Waals surface area contributed by atoms with Gasteiger partial charge < -0.3 is 19.9 Å². The van der Waals surface area contributed by atoms with E-state index in [4.69, 9.17) is 4.74 Å². The van der Waals surface area contributed by atoms with Gasteiger partial charge in [-0.25, -0.2) is 0 Å². The Hall–Kier alpha value is -3.17. The van der Waals surface area contributed by atoms with Crippen LogP contribution in [0.1, 0.15) is 10.5 Å². The summed E-state index contributed by atoms with van der Waals surface area (Å²) in [6.07, 6.45) is 0. The van der Waals surface area contributed by atoms with Gasteiger partial charge in [0.25, 0.3) is 5.91 Å². The van der Waals surface area contributed by atoms with Crippen LogP contribution in [0, 0.1) is 0 Å². The number of hydrogen-bond acceptors (Lipinski definition) is 5. The number of H-pyrrole nitrogens is 1. The Kier molecular flexibility index (Phi) is 6.87. The lowest BCUT2D eigenvalue weighted by Gasteiger charge is -2.28. The van der Waals surface area contributed by atoms with Crippen LogP contribution in [-0.2, 0) is 9.53 Å². The molecule has 1 aromatic heterocycles. The summed E-state index contributed by atoms with van der Waals surface area (Å²) < 4.78 is 6.34. The van der Waals surface area contributed by atoms with Gasteiger partial charge in [0.05, 0.1) is 25.5 Å². The monoisotopic (exact) mass is 497 g/mol. The quantitative estimate of drug-likeness (QED) is 0.544. The third kappa shape index (κ3) is 5.35. The summed E-state index contributed by atoms with van der Waals surface area (Å²) in [5, 5.41) is 9.81. The fourth-order valence-corrected chi connectivity index (χ4v) is 3.73. The fraction of sp³-hybridized carbons (Fsp3) is 0.261. The summed E-state index contributed by atoms with van der Waals surface area (Å²) in [5.74, 6) is -0.578. The molecule has 0 spiro atoms. The van der Waals surface area contributed by atoms with Gasteiger partial charge in [-0.1, -0.05) is 28.1 Å². The Balaban J connectivity index is 1.32. The van der Waals surface area contributed by atoms with E-state index in [0.717, 1.165) is 42.0 Å². The van der Waals surface area contributed by atoms with Crippen molar-refractivity contribution in [3.05, 3.63) is 64.8 Å². The van der Waals surface area contributed by atoms with Gasteiger partial charge >= 0.3 is 0 Å². The first-order chi connectivity index (χ1) is 15.5. The minimum absolute atomic E-state index is 0.0727. The summed E-state index contributed by atoms with van der Waals surface area (Å²) in [5.41, 5.74) is 3.67. The van der Waals surface area contributed by atoms with Crippen LogP contribution in [0.2, 0.25) is 0 Å². The van der Waals surface area contributed by atoms with E-state index in [2.05, 4.69) is 36.3 Å². The molecule has 0 atom stereocenters. The van der Waals surface area contributed by atoms with Crippen LogP contribution in [0.25, 0.3) is 11.3 Å². The second kappa shape index (κ2) is 9.97. The van der Waals surface area contributed by atoms with Crippen molar-refractivity contribution in [1.29, 1.82) is 0 Å². The van der Waals surface area contributed by atoms with Gasteiger partial charge in [-0.15, -0.1) is 0 Å². The van der Waals surface area contributed by atoms with Crippen molar-refractivity contribution >= 4 is 39.1 Å². The second-order valence-electron chi connectivity index (χ2n) is 7.53. The molecule has 2 amide bonds. The molecule has 0 aliphatic carbocycles. The molecular weight excluding hydrogens is 474 g/mol. The molecule has 2 heterocycles. The van der Waals surface area contributed by atoms with Crippen molar-refractivity contribution in [3.63, 3.8) is 0 Å². The number of aromatic amines is 1. The zero-order valence-electron chi connectivity index (χ0n) is 17.7. The van der Waals surface area contributed by atoms with Crippen LogP contribution in [0.3, 0.4) is 0 Å². The van der Waals surface area contributed by atoms with Crippen molar-refractivity contribution in [1.82, 2.24) is 15.1 Å². The molecule has 8 nitrogen and oxygen atoms in total. The number of carbonyl (C=O) groups excluding carboxylic acids is 2. The summed E-state index contributed by atoms with van der Waals surface area (Å²) in [6, 6.07) is 17.0. The second-order valence-corrected chi connectivity index (χ2v) is 8.45. The lowest BCUT2D eigenvalue weighted by molar-refractivity contribution is -0.116. The first kappa shape index (κ1) is 22.0. The highest BCUT2D eigenvalue weighted by molar-refractivity contribution is 9.10. The fourth-order valence-electron chi connectivity index (χ4n) is 3.47. The van der Waals surface area contributed by atoms with Gasteiger partial charge in [0, 0.05) is 41.5 Å². The molecule has 0 unspecified atom stereocenters. The Morgan fingerprint density at radius 2 is 1.81 bits per heavy atom. The number of nitrogens with zero attached hydrogens (tertiary/aromatic N) is 3. The molecule has 1 saturated heterocycles. The molecule has 32 heavy (non-hydrogen) atoms. The van der Waals surface area contributed by atoms with Crippen LogP contribution >= 0.6 is 15.9 Å². The Morgan fingerprint density at radius 3 is 2.50 bits per heavy atom. The minimum Gasteiger partial charge on any atom is -0.378 e. The standard InChI is InChI=1S/C23H24BrN5O3/c1-28(23(31)21-14-20(26-27-21)16-2-4-17(24)5-3-16)15-22(30)25-18-6-8-19(9-7-18)29-10-12-32-13-11-29/h2-9,14H,10-13,15H2,1H3,(H,25,30)(H,26,27). The lowest BCUT2D eigenvalue weighted by Crippen LogP contribution is -2.36. The number of anilines is 2. The van der Waals surface area contributed by atoms with E-state index < -0.39 is 0 Å². The number of morpholine rings is 1. The van der Waals surface area contributed by atoms with E-state index in [1.165, 1.54) is 4.90 Å². The number of hydrogen-bond donors (Lipinski definition) is 2. The van der Waals surface area contributed by atoms with Gasteiger partial charge in [-0.2, -0.15) is 5.10 Å². The lowest BCUT2D eigenvalue weighted by atomic mass is 10.1. The molecule has 1 fully saturated rings. The molecule has 0 saturated carbocycles. The van der Waals surface area contributed by atoms with Crippen LogP contribution < -0.4 is 10.2 Å². The molecule has 9 heteroatoms. The highest BCUT2D eigenvalue weighted by Crippen LogP contribution is 2.21. The number of benzene rings is 2. The Morgan fingerprint density at radius 1 is 1.12 bits per heavy atom. The normalized spacial score (nSPS) is 13.6. The molecule has 2 aromatic carbocycles. The van der Waals surface area contributed by atoms with Gasteiger partial charge in [-0.05, 0) is 42.5 Å². The molecule has 2 N–H and O–H groups in total. The maximum absolute atomic E-state index is 12.7. The number of ether oxygens (including phenoxy) is 1. The van der Waals surface area contributed by atoms with E-state index in [1.54, 1.807) is 13.1 Å². The van der Waals surface area contributed by atoms with Crippen LogP contribution in [0.4, 0.5) is 11.4 Å². The van der Waals surface area contributed by atoms with E-state index in [1.807, 2.05) is 48.5 Å². The molecule has 1 aliphatic rings. The number of likely N-dealkylation sites (N-methyl/N-ethyl adjacent to an activating group) is 1. The number of halogens is 1. The first-order valence-electron chi connectivity index (χ1n) is 10.3. The van der Waals surface area contributed by atoms with E-state index in [-0.39, 0.29) is 18.4 Å². The number of aromatic nitrogens is 2. The highest BCUT2D eigenvalue weighted by atomic mass is 79.9. The zero-order chi connectivity index (χ0) is 22.5. The Labute approximate surface area is 194 Å². The third-order valence-electron chi connectivity index (χ3n) is 5.20. The largest absolute Gasteiger partial charge is 0.378 e. The summed E-state index contributed by atoms with van der Waals surface area (Å²) >= 11 is 3.40. The van der Waals surface area contributed by atoms with Crippen molar-refractivity contribution in [3.8, 4) is 11.3 Å². The van der Waals surface area contributed by atoms with Crippen molar-refractivity contribution < 1.29 is 14.3 Å². The van der Waals surface area contributed by atoms with Crippen LogP contribution in [-0.4, -0.2) is 66.8 Å². The number of nitrogens with one attached hydrogen (secondary N) is 2. The van der Waals surface area contributed by atoms with E-state index in [0.29, 0.717) is 17.1 Å². The number of rotatable bonds is 6. The van der Waals surface area contributed by atoms with Crippen molar-refractivity contribution in [2.24, 2.45) is 0 Å². The maximum atomic E-state index is 12.7. The summed E-state index contributed by atoms with van der Waals surface area (Å²) in [6.45, 7) is 3.09. The highest BCUT2D eigenvalue weighted by Gasteiger charge is 2.18. The summed E-state index contributed by atoms with van der Waals surface area (Å²) in [7, 11) is 1.59. The number of amides is 2. The predicted octanol–water partition coefficient (Wildman–Crippen LogP) is 3.39. The summed E-state index contributed by atoms with van der Waals surface area (Å²) in [4.78, 5) is 28.7. The topological polar surface area (TPSA) is 90.6 Å². The first-order valence-corrected chi connectivity index (χ1v) is 11.1. The molecule has 0 radical (unpaired) electrons.